The van der Waals surface area contributed by atoms with E-state index in [0.29, 0.717) is 15.0 Å². The fourth-order valence-electron chi connectivity index (χ4n) is 2.09. The number of anilines is 1. The number of nitrogens with zero attached hydrogens (tertiary/aromatic N) is 1. The highest BCUT2D eigenvalue weighted by atomic mass is 35.5. The van der Waals surface area contributed by atoms with Gasteiger partial charge in [-0.2, -0.15) is 0 Å². The van der Waals surface area contributed by atoms with Crippen LogP contribution in [0.1, 0.15) is 20.8 Å². The Hall–Kier alpha value is -2.75. The first-order valence-corrected chi connectivity index (χ1v) is 9.63. The van der Waals surface area contributed by atoms with Crippen molar-refractivity contribution in [1.29, 1.82) is 0 Å². The second-order valence-corrected chi connectivity index (χ2v) is 7.41. The van der Waals surface area contributed by atoms with E-state index in [2.05, 4.69) is 10.3 Å². The number of hydrogen-bond acceptors (Lipinski definition) is 7. The number of aromatic nitrogens is 1. The van der Waals surface area contributed by atoms with Gasteiger partial charge in [-0.1, -0.05) is 23.7 Å². The van der Waals surface area contributed by atoms with E-state index in [-0.39, 0.29) is 11.3 Å². The Balaban J connectivity index is 1.59. The summed E-state index contributed by atoms with van der Waals surface area (Å²) in [6.45, 7) is -0.515. The maximum absolute atomic E-state index is 12.1. The third-order valence-corrected chi connectivity index (χ3v) is 5.26. The molecule has 27 heavy (non-hydrogen) atoms. The summed E-state index contributed by atoms with van der Waals surface area (Å²) in [5.74, 6) is -1.96. The normalized spacial score (nSPS) is 10.4. The molecular weight excluding hydrogens is 410 g/mol. The van der Waals surface area contributed by atoms with Gasteiger partial charge in [-0.15, -0.1) is 22.7 Å². The van der Waals surface area contributed by atoms with Crippen LogP contribution in [0.15, 0.2) is 41.1 Å². The minimum atomic E-state index is -0.726. The number of benzene rings is 1. The lowest BCUT2D eigenvalue weighted by Crippen LogP contribution is -2.22. The summed E-state index contributed by atoms with van der Waals surface area (Å²) in [6, 6.07) is 8.59. The van der Waals surface area contributed by atoms with Crippen molar-refractivity contribution >= 4 is 57.1 Å². The molecule has 1 aromatic carbocycles. The molecule has 3 N–H and O–H groups in total. The molecule has 0 saturated heterocycles. The number of halogens is 1. The highest BCUT2D eigenvalue weighted by molar-refractivity contribution is 7.14. The molecule has 2 amide bonds. The molecule has 0 bridgehead atoms. The van der Waals surface area contributed by atoms with Crippen LogP contribution in [0.5, 0.6) is 0 Å². The van der Waals surface area contributed by atoms with E-state index in [1.54, 1.807) is 29.0 Å². The number of thiazole rings is 1. The molecule has 0 atom stereocenters. The van der Waals surface area contributed by atoms with Crippen LogP contribution in [0.4, 0.5) is 5.00 Å². The van der Waals surface area contributed by atoms with Crippen molar-refractivity contribution < 1.29 is 19.1 Å². The highest BCUT2D eigenvalue weighted by Gasteiger charge is 2.17. The Labute approximate surface area is 166 Å². The number of primary amides is 1. The molecule has 7 nitrogen and oxygen atoms in total. The molecule has 0 spiro atoms. The van der Waals surface area contributed by atoms with Crippen LogP contribution in [0, 0.1) is 0 Å². The molecule has 0 unspecified atom stereocenters. The average molecular weight is 422 g/mol. The number of rotatable bonds is 6. The predicted octanol–water partition coefficient (Wildman–Crippen LogP) is 3.42. The Morgan fingerprint density at radius 1 is 1.22 bits per heavy atom. The first-order chi connectivity index (χ1) is 12.9. The van der Waals surface area contributed by atoms with Crippen LogP contribution in [0.2, 0.25) is 5.02 Å². The van der Waals surface area contributed by atoms with Crippen molar-refractivity contribution in [3.8, 4) is 10.6 Å². The number of thiophene rings is 1. The van der Waals surface area contributed by atoms with Gasteiger partial charge in [0.05, 0.1) is 5.56 Å². The molecule has 2 aromatic heterocycles. The fraction of sp³-hybridized carbons (Fsp3) is 0.0588. The van der Waals surface area contributed by atoms with Crippen LogP contribution in [0.3, 0.4) is 0 Å². The number of esters is 1. The van der Waals surface area contributed by atoms with E-state index in [1.165, 1.54) is 17.4 Å². The zero-order chi connectivity index (χ0) is 19.4. The van der Waals surface area contributed by atoms with Gasteiger partial charge in [-0.25, -0.2) is 9.78 Å². The summed E-state index contributed by atoms with van der Waals surface area (Å²) in [4.78, 5) is 39.4. The van der Waals surface area contributed by atoms with E-state index in [1.807, 2.05) is 6.07 Å². The second kappa shape index (κ2) is 8.30. The van der Waals surface area contributed by atoms with Crippen LogP contribution >= 0.6 is 34.3 Å². The van der Waals surface area contributed by atoms with Crippen LogP contribution in [-0.2, 0) is 9.53 Å². The average Bonchev–Trinajstić information content (AvgIpc) is 3.29. The predicted molar refractivity (Wildman–Crippen MR) is 104 cm³/mol. The van der Waals surface area contributed by atoms with Gasteiger partial charge in [0.15, 0.2) is 12.3 Å². The molecule has 0 radical (unpaired) electrons. The number of nitrogens with two attached hydrogens (primary N) is 1. The second-order valence-electron chi connectivity index (χ2n) is 5.20. The Morgan fingerprint density at radius 2 is 2.04 bits per heavy atom. The van der Waals surface area contributed by atoms with Gasteiger partial charge in [-0.3, -0.25) is 9.59 Å². The Morgan fingerprint density at radius 3 is 2.78 bits per heavy atom. The minimum Gasteiger partial charge on any atom is -0.451 e. The number of hydrogen-bond donors (Lipinski definition) is 2. The molecule has 0 aliphatic carbocycles. The molecule has 0 fully saturated rings. The number of carbonyl (C=O) groups is 3. The van der Waals surface area contributed by atoms with Crippen LogP contribution < -0.4 is 11.1 Å². The first kappa shape index (κ1) is 19.0. The quantitative estimate of drug-likeness (QED) is 0.592. The molecule has 3 rings (SSSR count). The third kappa shape index (κ3) is 4.70. The maximum Gasteiger partial charge on any atom is 0.358 e. The first-order valence-electron chi connectivity index (χ1n) is 7.50. The largest absolute Gasteiger partial charge is 0.451 e. The van der Waals surface area contributed by atoms with Gasteiger partial charge in [-0.05, 0) is 23.6 Å². The summed E-state index contributed by atoms with van der Waals surface area (Å²) in [5, 5.41) is 7.13. The fourth-order valence-corrected chi connectivity index (χ4v) is 3.87. The van der Waals surface area contributed by atoms with Crippen molar-refractivity contribution in [2.75, 3.05) is 11.9 Å². The van der Waals surface area contributed by atoms with E-state index < -0.39 is 24.4 Å². The van der Waals surface area contributed by atoms with E-state index >= 15 is 0 Å². The lowest BCUT2D eigenvalue weighted by atomic mass is 10.2. The summed E-state index contributed by atoms with van der Waals surface area (Å²) in [7, 11) is 0. The Kier molecular flexibility index (Phi) is 5.84. The lowest BCUT2D eigenvalue weighted by Gasteiger charge is -2.05. The van der Waals surface area contributed by atoms with E-state index in [4.69, 9.17) is 22.1 Å². The zero-order valence-corrected chi connectivity index (χ0v) is 16.0. The summed E-state index contributed by atoms with van der Waals surface area (Å²) in [5.41, 5.74) is 6.28. The van der Waals surface area contributed by atoms with Gasteiger partial charge in [0, 0.05) is 16.0 Å². The molecule has 0 aliphatic heterocycles. The number of carbonyl (C=O) groups excluding carboxylic acids is 3. The molecular formula is C17H12ClN3O4S2. The molecule has 2 heterocycles. The van der Waals surface area contributed by atoms with Crippen LogP contribution in [0.25, 0.3) is 10.6 Å². The number of amides is 2. The Bertz CT molecular complexity index is 1020. The zero-order valence-electron chi connectivity index (χ0n) is 13.6. The van der Waals surface area contributed by atoms with Gasteiger partial charge < -0.3 is 15.8 Å². The maximum atomic E-state index is 12.1. The van der Waals surface area contributed by atoms with Gasteiger partial charge >= 0.3 is 5.97 Å². The smallest absolute Gasteiger partial charge is 0.358 e. The molecule has 0 saturated carbocycles. The van der Waals surface area contributed by atoms with Crippen molar-refractivity contribution in [1.82, 2.24) is 4.98 Å². The van der Waals surface area contributed by atoms with Crippen molar-refractivity contribution in [2.24, 2.45) is 5.73 Å². The summed E-state index contributed by atoms with van der Waals surface area (Å²) >= 11 is 8.36. The highest BCUT2D eigenvalue weighted by Crippen LogP contribution is 2.26. The molecule has 10 heteroatoms. The minimum absolute atomic E-state index is 0.0942. The third-order valence-electron chi connectivity index (χ3n) is 3.30. The summed E-state index contributed by atoms with van der Waals surface area (Å²) in [6.07, 6.45) is 0. The van der Waals surface area contributed by atoms with Gasteiger partial charge in [0.1, 0.15) is 10.0 Å². The number of ether oxygens (including phenoxy) is 1. The molecule has 0 aliphatic rings. The SMILES string of the molecule is NC(=O)c1ccsc1NC(=O)COC(=O)c1csc(-c2cccc(Cl)c2)n1. The standard InChI is InChI=1S/C17H12ClN3O4S2/c18-10-3-1-2-9(6-10)15-20-12(8-27-15)17(24)25-7-13(22)21-16-11(14(19)23)4-5-26-16/h1-6,8H,7H2,(H2,19,23)(H,21,22). The van der Waals surface area contributed by atoms with Crippen molar-refractivity contribution in [2.45, 2.75) is 0 Å². The van der Waals surface area contributed by atoms with Gasteiger partial charge in [0.25, 0.3) is 11.8 Å². The van der Waals surface area contributed by atoms with Crippen LogP contribution in [-0.4, -0.2) is 29.4 Å². The van der Waals surface area contributed by atoms with Crippen molar-refractivity contribution in [3.63, 3.8) is 0 Å². The monoisotopic (exact) mass is 421 g/mol. The summed E-state index contributed by atoms with van der Waals surface area (Å²) < 4.78 is 4.97. The van der Waals surface area contributed by atoms with Gasteiger partial charge in [0.2, 0.25) is 0 Å². The van der Waals surface area contributed by atoms with E-state index in [9.17, 15) is 14.4 Å². The molecule has 138 valence electrons. The molecule has 3 aromatic rings. The number of nitrogens with one attached hydrogen (secondary N) is 1. The lowest BCUT2D eigenvalue weighted by molar-refractivity contribution is -0.119. The van der Waals surface area contributed by atoms with Crippen molar-refractivity contribution in [3.05, 3.63) is 57.4 Å². The van der Waals surface area contributed by atoms with E-state index in [0.717, 1.165) is 16.9 Å². The topological polar surface area (TPSA) is 111 Å².